The minimum atomic E-state index is -3.46. The predicted molar refractivity (Wildman–Crippen MR) is 111 cm³/mol. The lowest BCUT2D eigenvalue weighted by Crippen LogP contribution is -2.22. The van der Waals surface area contributed by atoms with Crippen molar-refractivity contribution in [2.45, 2.75) is 23.7 Å². The largest absolute Gasteiger partial charge is 0.306 e. The van der Waals surface area contributed by atoms with Gasteiger partial charge in [0.2, 0.25) is 10.0 Å². The van der Waals surface area contributed by atoms with Crippen molar-refractivity contribution in [1.82, 2.24) is 9.21 Å². The Morgan fingerprint density at radius 1 is 0.963 bits per heavy atom. The molecule has 4 nitrogen and oxygen atoms in total. The Hall–Kier alpha value is -1.95. The molecule has 0 saturated carbocycles. The highest BCUT2D eigenvalue weighted by molar-refractivity contribution is 7.89. The van der Waals surface area contributed by atoms with E-state index in [9.17, 15) is 8.42 Å². The van der Waals surface area contributed by atoms with Crippen LogP contribution in [0.15, 0.2) is 59.5 Å². The molecule has 0 fully saturated rings. The number of sulfonamides is 1. The first-order chi connectivity index (χ1) is 12.8. The molecule has 1 aliphatic rings. The Morgan fingerprint density at radius 2 is 1.63 bits per heavy atom. The Balaban J connectivity index is 2.15. The molecule has 0 aromatic heterocycles. The number of hydrogen-bond donors (Lipinski definition) is 0. The van der Waals surface area contributed by atoms with Gasteiger partial charge in [-0.25, -0.2) is 12.7 Å². The quantitative estimate of drug-likeness (QED) is 0.743. The maximum atomic E-state index is 12.7. The molecule has 3 rings (SSSR count). The number of benzene rings is 2. The number of aryl methyl sites for hydroxylation is 2. The summed E-state index contributed by atoms with van der Waals surface area (Å²) in [5.74, 6) is 0.0657. The van der Waals surface area contributed by atoms with Crippen LogP contribution in [0.1, 0.15) is 28.2 Å². The highest BCUT2D eigenvalue weighted by Gasteiger charge is 2.25. The fraction of sp³-hybridized carbons (Fsp3) is 0.364. The highest BCUT2D eigenvalue weighted by atomic mass is 32.2. The summed E-state index contributed by atoms with van der Waals surface area (Å²) in [6.07, 6.45) is 6.28. The van der Waals surface area contributed by atoms with E-state index in [0.29, 0.717) is 4.90 Å². The lowest BCUT2D eigenvalue weighted by molar-refractivity contribution is 0.456. The van der Waals surface area contributed by atoms with Gasteiger partial charge in [-0.15, -0.1) is 0 Å². The van der Waals surface area contributed by atoms with E-state index in [1.54, 1.807) is 20.2 Å². The molecule has 1 aliphatic carbocycles. The predicted octanol–water partition coefficient (Wildman–Crippen LogP) is 3.29. The van der Waals surface area contributed by atoms with Crippen LogP contribution in [-0.2, 0) is 22.9 Å². The Labute approximate surface area is 163 Å². The Morgan fingerprint density at radius 3 is 2.30 bits per heavy atom. The molecule has 144 valence electrons. The lowest BCUT2D eigenvalue weighted by Gasteiger charge is -2.19. The summed E-state index contributed by atoms with van der Waals surface area (Å²) in [6.45, 7) is 0.851. The van der Waals surface area contributed by atoms with Gasteiger partial charge < -0.3 is 4.90 Å². The number of fused-ring (bicyclic) bond motifs is 2. The SMILES string of the molecule is CN(C)C/C=C\C1c2ccccc2CCc2ccc(S(=O)(=O)N(C)C)cc21. The van der Waals surface area contributed by atoms with Gasteiger partial charge in [0.25, 0.3) is 0 Å². The van der Waals surface area contributed by atoms with Crippen LogP contribution in [0.2, 0.25) is 0 Å². The molecule has 27 heavy (non-hydrogen) atoms. The molecular formula is C22H28N2O2S. The van der Waals surface area contributed by atoms with Crippen LogP contribution in [0.25, 0.3) is 0 Å². The van der Waals surface area contributed by atoms with Crippen LogP contribution in [0.5, 0.6) is 0 Å². The molecule has 0 radical (unpaired) electrons. The average molecular weight is 385 g/mol. The van der Waals surface area contributed by atoms with E-state index in [0.717, 1.165) is 24.9 Å². The molecule has 0 heterocycles. The lowest BCUT2D eigenvalue weighted by atomic mass is 9.88. The van der Waals surface area contributed by atoms with Crippen LogP contribution in [-0.4, -0.2) is 52.4 Å². The van der Waals surface area contributed by atoms with Crippen LogP contribution in [0.4, 0.5) is 0 Å². The Bertz CT molecular complexity index is 947. The van der Waals surface area contributed by atoms with E-state index in [2.05, 4.69) is 41.3 Å². The molecule has 0 aliphatic heterocycles. The normalized spacial score (nSPS) is 17.2. The number of nitrogens with zero attached hydrogens (tertiary/aromatic N) is 2. The first-order valence-electron chi connectivity index (χ1n) is 9.25. The zero-order chi connectivity index (χ0) is 19.6. The first kappa shape index (κ1) is 19.8. The van der Waals surface area contributed by atoms with E-state index in [-0.39, 0.29) is 5.92 Å². The van der Waals surface area contributed by atoms with Crippen molar-refractivity contribution in [2.75, 3.05) is 34.7 Å². The third-order valence-corrected chi connectivity index (χ3v) is 6.89. The molecule has 0 saturated heterocycles. The van der Waals surface area contributed by atoms with E-state index in [1.165, 1.54) is 21.0 Å². The molecule has 2 aromatic rings. The van der Waals surface area contributed by atoms with Crippen molar-refractivity contribution in [2.24, 2.45) is 0 Å². The van der Waals surface area contributed by atoms with Crippen LogP contribution in [0.3, 0.4) is 0 Å². The second-order valence-corrected chi connectivity index (χ2v) is 9.67. The summed E-state index contributed by atoms with van der Waals surface area (Å²) in [5, 5.41) is 0. The van der Waals surface area contributed by atoms with Gasteiger partial charge in [-0.3, -0.25) is 0 Å². The minimum absolute atomic E-state index is 0.0657. The maximum absolute atomic E-state index is 12.7. The fourth-order valence-electron chi connectivity index (χ4n) is 3.58. The van der Waals surface area contributed by atoms with E-state index in [1.807, 2.05) is 26.2 Å². The second kappa shape index (κ2) is 7.97. The third-order valence-electron chi connectivity index (χ3n) is 5.08. The first-order valence-corrected chi connectivity index (χ1v) is 10.7. The van der Waals surface area contributed by atoms with Gasteiger partial charge in [0.1, 0.15) is 0 Å². The van der Waals surface area contributed by atoms with Gasteiger partial charge in [-0.2, -0.15) is 0 Å². The summed E-state index contributed by atoms with van der Waals surface area (Å²) >= 11 is 0. The van der Waals surface area contributed by atoms with Crippen molar-refractivity contribution >= 4 is 10.0 Å². The number of allylic oxidation sites excluding steroid dienone is 1. The zero-order valence-corrected chi connectivity index (χ0v) is 17.3. The highest BCUT2D eigenvalue weighted by Crippen LogP contribution is 2.36. The fourth-order valence-corrected chi connectivity index (χ4v) is 4.52. The maximum Gasteiger partial charge on any atom is 0.242 e. The van der Waals surface area contributed by atoms with Crippen LogP contribution < -0.4 is 0 Å². The molecule has 5 heteroatoms. The number of likely N-dealkylation sites (N-methyl/N-ethyl adjacent to an activating group) is 1. The van der Waals surface area contributed by atoms with Gasteiger partial charge in [0.15, 0.2) is 0 Å². The third kappa shape index (κ3) is 4.15. The van der Waals surface area contributed by atoms with Crippen LogP contribution >= 0.6 is 0 Å². The van der Waals surface area contributed by atoms with Crippen molar-refractivity contribution in [1.29, 1.82) is 0 Å². The average Bonchev–Trinajstić information content (AvgIpc) is 2.78. The van der Waals surface area contributed by atoms with E-state index in [4.69, 9.17) is 0 Å². The van der Waals surface area contributed by atoms with E-state index < -0.39 is 10.0 Å². The Kier molecular flexibility index (Phi) is 5.84. The van der Waals surface area contributed by atoms with Gasteiger partial charge in [0, 0.05) is 26.6 Å². The molecule has 0 spiro atoms. The molecule has 2 aromatic carbocycles. The summed E-state index contributed by atoms with van der Waals surface area (Å²) < 4.78 is 26.6. The summed E-state index contributed by atoms with van der Waals surface area (Å²) in [5.41, 5.74) is 4.93. The standard InChI is InChI=1S/C22H28N2O2S/c1-23(2)15-7-10-21-20-9-6-5-8-17(20)11-12-18-13-14-19(16-22(18)21)27(25,26)24(3)4/h5-10,13-14,16,21H,11-12,15H2,1-4H3/b10-7-. The number of hydrogen-bond acceptors (Lipinski definition) is 3. The van der Waals surface area contributed by atoms with Crippen molar-refractivity contribution < 1.29 is 8.42 Å². The molecule has 0 bridgehead atoms. The molecule has 1 atom stereocenters. The number of rotatable bonds is 5. The van der Waals surface area contributed by atoms with Crippen molar-refractivity contribution in [3.63, 3.8) is 0 Å². The topological polar surface area (TPSA) is 40.6 Å². The molecule has 0 amide bonds. The smallest absolute Gasteiger partial charge is 0.242 e. The second-order valence-electron chi connectivity index (χ2n) is 7.51. The monoisotopic (exact) mass is 384 g/mol. The zero-order valence-electron chi connectivity index (χ0n) is 16.5. The summed E-state index contributed by atoms with van der Waals surface area (Å²) in [4.78, 5) is 2.48. The molecular weight excluding hydrogens is 356 g/mol. The van der Waals surface area contributed by atoms with Gasteiger partial charge in [-0.1, -0.05) is 42.5 Å². The van der Waals surface area contributed by atoms with Gasteiger partial charge in [-0.05, 0) is 61.3 Å². The summed E-state index contributed by atoms with van der Waals surface area (Å²) in [6, 6.07) is 14.1. The van der Waals surface area contributed by atoms with Gasteiger partial charge >= 0.3 is 0 Å². The molecule has 1 unspecified atom stereocenters. The van der Waals surface area contributed by atoms with Crippen LogP contribution in [0, 0.1) is 0 Å². The van der Waals surface area contributed by atoms with Gasteiger partial charge in [0.05, 0.1) is 4.90 Å². The van der Waals surface area contributed by atoms with Crippen molar-refractivity contribution in [3.05, 3.63) is 76.9 Å². The van der Waals surface area contributed by atoms with Crippen molar-refractivity contribution in [3.8, 4) is 0 Å². The van der Waals surface area contributed by atoms with E-state index >= 15 is 0 Å². The summed E-state index contributed by atoms with van der Waals surface area (Å²) in [7, 11) is 3.78. The molecule has 0 N–H and O–H groups in total. The minimum Gasteiger partial charge on any atom is -0.306 e.